The fraction of sp³-hybridized carbons (Fsp3) is 0.476. The van der Waals surface area contributed by atoms with Gasteiger partial charge in [-0.2, -0.15) is 10.2 Å². The van der Waals surface area contributed by atoms with Gasteiger partial charge in [-0.3, -0.25) is 4.79 Å². The molecule has 1 aromatic rings. The van der Waals surface area contributed by atoms with Gasteiger partial charge < -0.3 is 10.6 Å². The standard InChI is InChI=1S/C21H26N4O3S/c1-6-21(13-8-7-9-14(10-13)29(5,27)28)16-12(2)24-25-18(16)22-15-11-20(3,4)23-19(26)17(15)21/h7-10,18,22H,6,11H2,1-5H3,(H,23,26). The van der Waals surface area contributed by atoms with Crippen LogP contribution >= 0.6 is 0 Å². The molecule has 0 aromatic heterocycles. The first kappa shape index (κ1) is 19.8. The Kier molecular flexibility index (Phi) is 4.28. The Morgan fingerprint density at radius 2 is 2.00 bits per heavy atom. The lowest BCUT2D eigenvalue weighted by Crippen LogP contribution is -2.58. The second kappa shape index (κ2) is 6.26. The molecular formula is C21H26N4O3S. The molecule has 0 fully saturated rings. The SMILES string of the molecule is CCC1(c2cccc(S(C)(=O)=O)c2)C2=C(CC(C)(C)NC2=O)NC2N=NC(C)=C21. The van der Waals surface area contributed by atoms with Crippen molar-refractivity contribution in [3.63, 3.8) is 0 Å². The van der Waals surface area contributed by atoms with Crippen molar-refractivity contribution in [2.24, 2.45) is 10.2 Å². The van der Waals surface area contributed by atoms with Crippen molar-refractivity contribution in [2.45, 2.75) is 62.6 Å². The minimum atomic E-state index is -3.39. The Balaban J connectivity index is 2.05. The number of fused-ring (bicyclic) bond motifs is 1. The zero-order valence-corrected chi connectivity index (χ0v) is 18.1. The van der Waals surface area contributed by atoms with E-state index in [-0.39, 0.29) is 22.5 Å². The van der Waals surface area contributed by atoms with Gasteiger partial charge in [0.25, 0.3) is 5.91 Å². The summed E-state index contributed by atoms with van der Waals surface area (Å²) in [6, 6.07) is 6.92. The molecule has 0 bridgehead atoms. The average molecular weight is 415 g/mol. The number of hydrogen-bond acceptors (Lipinski definition) is 6. The molecule has 3 aliphatic heterocycles. The smallest absolute Gasteiger partial charge is 0.250 e. The van der Waals surface area contributed by atoms with Crippen molar-refractivity contribution in [3.8, 4) is 0 Å². The highest BCUT2D eigenvalue weighted by molar-refractivity contribution is 7.90. The summed E-state index contributed by atoms with van der Waals surface area (Å²) in [4.78, 5) is 13.6. The van der Waals surface area contributed by atoms with Gasteiger partial charge in [-0.1, -0.05) is 19.1 Å². The van der Waals surface area contributed by atoms with E-state index in [4.69, 9.17) is 0 Å². The Bertz CT molecular complexity index is 1110. The molecule has 3 aliphatic rings. The molecule has 1 aromatic carbocycles. The molecule has 2 unspecified atom stereocenters. The minimum Gasteiger partial charge on any atom is -0.362 e. The second-order valence-electron chi connectivity index (χ2n) is 8.69. The first-order valence-electron chi connectivity index (χ1n) is 9.75. The molecule has 2 atom stereocenters. The maximum absolute atomic E-state index is 13.4. The highest BCUT2D eigenvalue weighted by atomic mass is 32.2. The van der Waals surface area contributed by atoms with Crippen molar-refractivity contribution in [3.05, 3.63) is 52.4 Å². The number of carbonyl (C=O) groups excluding carboxylic acids is 1. The molecule has 154 valence electrons. The summed E-state index contributed by atoms with van der Waals surface area (Å²) in [7, 11) is -3.39. The summed E-state index contributed by atoms with van der Waals surface area (Å²) in [6.45, 7) is 7.88. The number of nitrogens with zero attached hydrogens (tertiary/aromatic N) is 2. The number of azo groups is 1. The molecule has 1 amide bonds. The highest BCUT2D eigenvalue weighted by Crippen LogP contribution is 2.52. The van der Waals surface area contributed by atoms with Crippen LogP contribution in [0.5, 0.6) is 0 Å². The Morgan fingerprint density at radius 3 is 2.66 bits per heavy atom. The van der Waals surface area contributed by atoms with Crippen LogP contribution in [0.1, 0.15) is 46.1 Å². The number of rotatable bonds is 3. The molecule has 0 radical (unpaired) electrons. The van der Waals surface area contributed by atoms with Gasteiger partial charge in [0.2, 0.25) is 0 Å². The molecule has 4 rings (SSSR count). The molecule has 0 saturated heterocycles. The normalized spacial score (nSPS) is 28.0. The maximum Gasteiger partial charge on any atom is 0.250 e. The van der Waals surface area contributed by atoms with Crippen LogP contribution in [0.4, 0.5) is 0 Å². The van der Waals surface area contributed by atoms with Crippen molar-refractivity contribution in [1.29, 1.82) is 0 Å². The van der Waals surface area contributed by atoms with Gasteiger partial charge in [0.05, 0.1) is 21.6 Å². The van der Waals surface area contributed by atoms with E-state index in [1.807, 2.05) is 33.8 Å². The van der Waals surface area contributed by atoms with Crippen molar-refractivity contribution < 1.29 is 13.2 Å². The lowest BCUT2D eigenvalue weighted by atomic mass is 9.61. The summed E-state index contributed by atoms with van der Waals surface area (Å²) in [5, 5.41) is 15.2. The average Bonchev–Trinajstić information content (AvgIpc) is 2.99. The molecule has 29 heavy (non-hydrogen) atoms. The van der Waals surface area contributed by atoms with E-state index in [0.717, 1.165) is 22.5 Å². The van der Waals surface area contributed by atoms with E-state index in [1.54, 1.807) is 18.2 Å². The molecule has 2 N–H and O–H groups in total. The van der Waals surface area contributed by atoms with Gasteiger partial charge in [0.15, 0.2) is 16.0 Å². The van der Waals surface area contributed by atoms with Crippen LogP contribution in [0.15, 0.2) is 61.9 Å². The lowest BCUT2D eigenvalue weighted by Gasteiger charge is -2.48. The van der Waals surface area contributed by atoms with E-state index in [1.165, 1.54) is 6.26 Å². The highest BCUT2D eigenvalue weighted by Gasteiger charge is 2.54. The lowest BCUT2D eigenvalue weighted by molar-refractivity contribution is -0.120. The summed E-state index contributed by atoms with van der Waals surface area (Å²) < 4.78 is 24.5. The Hall–Kier alpha value is -2.48. The first-order chi connectivity index (χ1) is 13.5. The van der Waals surface area contributed by atoms with Gasteiger partial charge in [0, 0.05) is 29.5 Å². The third kappa shape index (κ3) is 2.92. The number of carbonyl (C=O) groups is 1. The van der Waals surface area contributed by atoms with Crippen LogP contribution in [0.25, 0.3) is 0 Å². The van der Waals surface area contributed by atoms with Crippen molar-refractivity contribution >= 4 is 15.7 Å². The maximum atomic E-state index is 13.4. The number of nitrogens with one attached hydrogen (secondary N) is 2. The van der Waals surface area contributed by atoms with Crippen molar-refractivity contribution in [1.82, 2.24) is 10.6 Å². The van der Waals surface area contributed by atoms with Crippen LogP contribution in [-0.4, -0.2) is 32.3 Å². The van der Waals surface area contributed by atoms with E-state index in [0.29, 0.717) is 18.4 Å². The molecule has 0 saturated carbocycles. The molecule has 3 heterocycles. The van der Waals surface area contributed by atoms with Crippen molar-refractivity contribution in [2.75, 3.05) is 6.26 Å². The van der Waals surface area contributed by atoms with Gasteiger partial charge in [0.1, 0.15) is 0 Å². The van der Waals surface area contributed by atoms with Crippen LogP contribution in [0.2, 0.25) is 0 Å². The zero-order valence-electron chi connectivity index (χ0n) is 17.3. The summed E-state index contributed by atoms with van der Waals surface area (Å²) in [6.07, 6.45) is 2.07. The quantitative estimate of drug-likeness (QED) is 0.794. The predicted molar refractivity (Wildman–Crippen MR) is 110 cm³/mol. The Labute approximate surface area is 171 Å². The second-order valence-corrected chi connectivity index (χ2v) is 10.7. The number of sulfone groups is 1. The number of allylic oxidation sites excluding steroid dienone is 1. The molecular weight excluding hydrogens is 388 g/mol. The van der Waals surface area contributed by atoms with Gasteiger partial charge in [-0.25, -0.2) is 8.42 Å². The zero-order chi connectivity index (χ0) is 21.2. The largest absolute Gasteiger partial charge is 0.362 e. The molecule has 7 nitrogen and oxygen atoms in total. The van der Waals surface area contributed by atoms with E-state index >= 15 is 0 Å². The molecule has 8 heteroatoms. The third-order valence-electron chi connectivity index (χ3n) is 6.07. The topological polar surface area (TPSA) is 100.0 Å². The number of hydrogen-bond donors (Lipinski definition) is 2. The fourth-order valence-corrected chi connectivity index (χ4v) is 5.58. The summed E-state index contributed by atoms with van der Waals surface area (Å²) in [5.74, 6) is -0.138. The fourth-order valence-electron chi connectivity index (χ4n) is 4.92. The molecule has 0 aliphatic carbocycles. The summed E-state index contributed by atoms with van der Waals surface area (Å²) >= 11 is 0. The number of amides is 1. The minimum absolute atomic E-state index is 0.138. The van der Waals surface area contributed by atoms with Crippen LogP contribution < -0.4 is 10.6 Å². The summed E-state index contributed by atoms with van der Waals surface area (Å²) in [5.41, 5.74) is 2.77. The third-order valence-corrected chi connectivity index (χ3v) is 7.18. The molecule has 0 spiro atoms. The monoisotopic (exact) mass is 414 g/mol. The van der Waals surface area contributed by atoms with Gasteiger partial charge in [-0.05, 0) is 44.9 Å². The first-order valence-corrected chi connectivity index (χ1v) is 11.6. The van der Waals surface area contributed by atoms with E-state index in [2.05, 4.69) is 20.9 Å². The van der Waals surface area contributed by atoms with Crippen LogP contribution in [0.3, 0.4) is 0 Å². The van der Waals surface area contributed by atoms with Crippen LogP contribution in [-0.2, 0) is 20.0 Å². The van der Waals surface area contributed by atoms with Gasteiger partial charge >= 0.3 is 0 Å². The van der Waals surface area contributed by atoms with E-state index in [9.17, 15) is 13.2 Å². The van der Waals surface area contributed by atoms with Crippen LogP contribution in [0, 0.1) is 0 Å². The predicted octanol–water partition coefficient (Wildman–Crippen LogP) is 2.96. The van der Waals surface area contributed by atoms with E-state index < -0.39 is 15.3 Å². The Morgan fingerprint density at radius 1 is 1.28 bits per heavy atom. The number of benzene rings is 1. The van der Waals surface area contributed by atoms with Gasteiger partial charge in [-0.15, -0.1) is 0 Å².